The number of hydrogen-bond acceptors (Lipinski definition) is 6. The van der Waals surface area contributed by atoms with Crippen molar-refractivity contribution in [3.63, 3.8) is 0 Å². The van der Waals surface area contributed by atoms with Gasteiger partial charge in [-0.2, -0.15) is 0 Å². The monoisotopic (exact) mass is 757 g/mol. The number of rotatable bonds is 14. The first-order valence-electron chi connectivity index (χ1n) is 19.7. The number of hydrazine groups is 1. The number of nitrogens with zero attached hydrogens (tertiary/aromatic N) is 2. The summed E-state index contributed by atoms with van der Waals surface area (Å²) in [5.41, 5.74) is 13.7. The molecule has 0 fully saturated rings. The highest BCUT2D eigenvalue weighted by Gasteiger charge is 2.44. The molecule has 0 amide bonds. The molecular weight excluding hydrogens is 711 g/mol. The van der Waals surface area contributed by atoms with Gasteiger partial charge in [-0.25, -0.2) is 10.8 Å². The van der Waals surface area contributed by atoms with E-state index in [-0.39, 0.29) is 12.5 Å². The lowest BCUT2D eigenvalue weighted by Gasteiger charge is -2.44. The van der Waals surface area contributed by atoms with Gasteiger partial charge in [0.05, 0.1) is 5.69 Å². The Morgan fingerprint density at radius 1 is 0.517 bits per heavy atom. The summed E-state index contributed by atoms with van der Waals surface area (Å²) in [6.07, 6.45) is 0.435. The van der Waals surface area contributed by atoms with E-state index in [0.29, 0.717) is 23.7 Å². The Balaban J connectivity index is 1.45. The number of aromatic nitrogens is 1. The molecule has 1 atom stereocenters. The Morgan fingerprint density at radius 3 is 1.22 bits per heavy atom. The third kappa shape index (κ3) is 7.00. The maximum absolute atomic E-state index is 10.6. The number of pyridine rings is 1. The molecule has 286 valence electrons. The van der Waals surface area contributed by atoms with E-state index in [0.717, 1.165) is 44.5 Å². The van der Waals surface area contributed by atoms with E-state index in [1.807, 2.05) is 97.1 Å². The fourth-order valence-electron chi connectivity index (χ4n) is 8.50. The van der Waals surface area contributed by atoms with Crippen molar-refractivity contribution in [1.29, 1.82) is 0 Å². The molecule has 6 nitrogen and oxygen atoms in total. The number of nitrogen functional groups attached to an aromatic ring is 1. The summed E-state index contributed by atoms with van der Waals surface area (Å²) in [7, 11) is 0. The number of aliphatic hydroxyl groups is 1. The van der Waals surface area contributed by atoms with Crippen LogP contribution in [0.15, 0.2) is 218 Å². The summed E-state index contributed by atoms with van der Waals surface area (Å²) < 4.78 is 0. The fourth-order valence-corrected chi connectivity index (χ4v) is 8.50. The van der Waals surface area contributed by atoms with Crippen molar-refractivity contribution in [3.05, 3.63) is 263 Å². The van der Waals surface area contributed by atoms with Crippen molar-refractivity contribution in [2.75, 3.05) is 22.7 Å². The van der Waals surface area contributed by atoms with Crippen molar-refractivity contribution in [2.45, 2.75) is 23.4 Å². The minimum atomic E-state index is -1.07. The second-order valence-corrected chi connectivity index (χ2v) is 14.5. The van der Waals surface area contributed by atoms with Crippen molar-refractivity contribution in [2.24, 2.45) is 5.84 Å². The van der Waals surface area contributed by atoms with Gasteiger partial charge in [0.2, 0.25) is 0 Å². The van der Waals surface area contributed by atoms with Crippen LogP contribution in [-0.2, 0) is 11.1 Å². The largest absolute Gasteiger partial charge is 0.396 e. The van der Waals surface area contributed by atoms with Gasteiger partial charge in [0.15, 0.2) is 5.82 Å². The summed E-state index contributed by atoms with van der Waals surface area (Å²) in [5, 5.41) is 16.4. The summed E-state index contributed by atoms with van der Waals surface area (Å²) in [5.74, 6) is 8.41. The minimum Gasteiger partial charge on any atom is -0.396 e. The first-order chi connectivity index (χ1) is 28.6. The molecule has 0 radical (unpaired) electrons. The van der Waals surface area contributed by atoms with Gasteiger partial charge in [-0.15, -0.1) is 0 Å². The summed E-state index contributed by atoms with van der Waals surface area (Å²) >= 11 is 0. The van der Waals surface area contributed by atoms with E-state index < -0.39 is 11.1 Å². The van der Waals surface area contributed by atoms with Crippen LogP contribution in [0.5, 0.6) is 0 Å². The standard InChI is InChI=1S/C52H47N5O/c53-49-47(46(36-37-58)39-22-8-1-9-23-39)38-48(56-51(40-24-10-2-11-25-40,41-26-12-3-13-27-41)42-28-14-4-15-29-42)55-50(49)57(54)52(43-30-16-5-17-31-43,44-32-18-6-19-33-44)45-34-20-7-21-35-45/h1-35,38,46,58H,36-37,53-54H2,(H,55,56)/t46-/m1/s1. The average Bonchev–Trinajstić information content (AvgIpc) is 3.30. The molecule has 0 aliphatic heterocycles. The number of aliphatic hydroxyl groups excluding tert-OH is 1. The molecule has 7 aromatic carbocycles. The Hall–Kier alpha value is -6.99. The molecule has 8 aromatic rings. The minimum absolute atomic E-state index is 0.0459. The molecule has 0 spiro atoms. The molecule has 8 rings (SSSR count). The molecule has 0 bridgehead atoms. The number of benzene rings is 7. The highest BCUT2D eigenvalue weighted by molar-refractivity contribution is 5.76. The zero-order valence-electron chi connectivity index (χ0n) is 32.3. The molecule has 6 heteroatoms. The predicted molar refractivity (Wildman–Crippen MR) is 237 cm³/mol. The van der Waals surface area contributed by atoms with Gasteiger partial charge in [0.1, 0.15) is 16.9 Å². The van der Waals surface area contributed by atoms with E-state index in [9.17, 15) is 5.11 Å². The van der Waals surface area contributed by atoms with Crippen LogP contribution >= 0.6 is 0 Å². The van der Waals surface area contributed by atoms with Gasteiger partial charge >= 0.3 is 0 Å². The third-order valence-corrected chi connectivity index (χ3v) is 11.2. The van der Waals surface area contributed by atoms with Crippen LogP contribution in [0.4, 0.5) is 17.3 Å². The lowest BCUT2D eigenvalue weighted by molar-refractivity contribution is 0.281. The van der Waals surface area contributed by atoms with Gasteiger partial charge in [-0.1, -0.05) is 212 Å². The SMILES string of the molecule is Nc1c([C@H](CCO)c2ccccc2)cc(NC(c2ccccc2)(c2ccccc2)c2ccccc2)nc1N(N)C(c1ccccc1)(c1ccccc1)c1ccccc1. The number of anilines is 3. The zero-order chi connectivity index (χ0) is 39.8. The van der Waals surface area contributed by atoms with Crippen LogP contribution in [0.3, 0.4) is 0 Å². The van der Waals surface area contributed by atoms with Crippen molar-refractivity contribution < 1.29 is 5.11 Å². The maximum Gasteiger partial charge on any atom is 0.170 e. The van der Waals surface area contributed by atoms with Crippen LogP contribution in [-0.4, -0.2) is 16.7 Å². The molecule has 0 aliphatic rings. The smallest absolute Gasteiger partial charge is 0.170 e. The van der Waals surface area contributed by atoms with Gasteiger partial charge in [-0.3, -0.25) is 5.01 Å². The lowest BCUT2D eigenvalue weighted by atomic mass is 9.76. The molecule has 0 saturated carbocycles. The van der Waals surface area contributed by atoms with Crippen molar-refractivity contribution in [3.8, 4) is 0 Å². The highest BCUT2D eigenvalue weighted by atomic mass is 16.3. The van der Waals surface area contributed by atoms with Crippen molar-refractivity contribution in [1.82, 2.24) is 4.98 Å². The molecule has 0 unspecified atom stereocenters. The fraction of sp³-hybridized carbons (Fsp3) is 0.0962. The lowest BCUT2D eigenvalue weighted by Crippen LogP contribution is -2.53. The Kier molecular flexibility index (Phi) is 11.1. The molecule has 0 saturated heterocycles. The second kappa shape index (κ2) is 17.0. The summed E-state index contributed by atoms with van der Waals surface area (Å²) in [6, 6.07) is 74.4. The predicted octanol–water partition coefficient (Wildman–Crippen LogP) is 10.3. The Labute approximate surface area is 341 Å². The molecular formula is C52H47N5O. The van der Waals surface area contributed by atoms with Crippen LogP contribution < -0.4 is 21.9 Å². The first kappa shape index (κ1) is 37.9. The van der Waals surface area contributed by atoms with Crippen LogP contribution in [0.1, 0.15) is 56.8 Å². The number of nitrogens with one attached hydrogen (secondary N) is 1. The quantitative estimate of drug-likeness (QED) is 0.0501. The molecule has 1 aromatic heterocycles. The maximum atomic E-state index is 10.6. The molecule has 6 N–H and O–H groups in total. The number of nitrogens with two attached hydrogens (primary N) is 2. The Morgan fingerprint density at radius 2 is 0.862 bits per heavy atom. The van der Waals surface area contributed by atoms with E-state index in [1.54, 1.807) is 5.01 Å². The third-order valence-electron chi connectivity index (χ3n) is 11.2. The molecule has 0 aliphatic carbocycles. The van der Waals surface area contributed by atoms with E-state index in [2.05, 4.69) is 127 Å². The van der Waals surface area contributed by atoms with E-state index >= 15 is 0 Å². The van der Waals surface area contributed by atoms with E-state index in [4.69, 9.17) is 16.6 Å². The van der Waals surface area contributed by atoms with Crippen LogP contribution in [0, 0.1) is 0 Å². The second-order valence-electron chi connectivity index (χ2n) is 14.5. The van der Waals surface area contributed by atoms with Gasteiger partial charge in [0, 0.05) is 12.5 Å². The van der Waals surface area contributed by atoms with Crippen LogP contribution in [0.2, 0.25) is 0 Å². The number of hydrogen-bond donors (Lipinski definition) is 4. The average molecular weight is 758 g/mol. The summed E-state index contributed by atoms with van der Waals surface area (Å²) in [6.45, 7) is -0.0459. The van der Waals surface area contributed by atoms with Gasteiger partial charge in [0.25, 0.3) is 0 Å². The molecule has 1 heterocycles. The Bertz CT molecular complexity index is 2310. The van der Waals surface area contributed by atoms with Crippen LogP contribution in [0.25, 0.3) is 0 Å². The molecule has 58 heavy (non-hydrogen) atoms. The highest BCUT2D eigenvalue weighted by Crippen LogP contribution is 2.47. The normalized spacial score (nSPS) is 12.1. The van der Waals surface area contributed by atoms with E-state index in [1.165, 1.54) is 0 Å². The zero-order valence-corrected chi connectivity index (χ0v) is 32.3. The van der Waals surface area contributed by atoms with Gasteiger partial charge < -0.3 is 16.2 Å². The van der Waals surface area contributed by atoms with Crippen molar-refractivity contribution >= 4 is 17.3 Å². The topological polar surface area (TPSA) is 100 Å². The summed E-state index contributed by atoms with van der Waals surface area (Å²) in [4.78, 5) is 5.48. The first-order valence-corrected chi connectivity index (χ1v) is 19.7. The van der Waals surface area contributed by atoms with Gasteiger partial charge in [-0.05, 0) is 57.0 Å².